The fourth-order valence-electron chi connectivity index (χ4n) is 5.67. The summed E-state index contributed by atoms with van der Waals surface area (Å²) in [5.74, 6) is -4.83. The number of rotatable bonds is 7. The molecule has 0 amide bonds. The monoisotopic (exact) mass is 683 g/mol. The third-order valence-electron chi connectivity index (χ3n) is 7.80. The van der Waals surface area contributed by atoms with Gasteiger partial charge in [-0.15, -0.1) is 0 Å². The number of carboxylic acids is 1. The van der Waals surface area contributed by atoms with Crippen molar-refractivity contribution < 1.29 is 40.3 Å². The highest BCUT2D eigenvalue weighted by Gasteiger charge is 2.31. The fourth-order valence-corrected chi connectivity index (χ4v) is 7.22. The van der Waals surface area contributed by atoms with Gasteiger partial charge in [-0.1, -0.05) is 42.5 Å². The summed E-state index contributed by atoms with van der Waals surface area (Å²) in [5.41, 5.74) is -2.57. The molecular formula is C36H18F5N3O4S. The van der Waals surface area contributed by atoms with E-state index in [1.165, 1.54) is 42.5 Å². The summed E-state index contributed by atoms with van der Waals surface area (Å²) < 4.78 is 102. The van der Waals surface area contributed by atoms with Gasteiger partial charge in [0.15, 0.2) is 5.69 Å². The lowest BCUT2D eigenvalue weighted by atomic mass is 9.92. The number of halogens is 5. The number of carboxylic acid groups (broad SMARTS) is 1. The Bertz CT molecular complexity index is 2480. The number of carbonyl (C=O) groups is 1. The summed E-state index contributed by atoms with van der Waals surface area (Å²) in [7, 11) is -4.76. The van der Waals surface area contributed by atoms with Crippen molar-refractivity contribution in [3.05, 3.63) is 143 Å². The molecule has 1 N–H and O–H groups in total. The fraction of sp³-hybridized carbons (Fsp3) is 0.0278. The van der Waals surface area contributed by atoms with E-state index in [9.17, 15) is 36.8 Å². The average molecular weight is 684 g/mol. The Morgan fingerprint density at radius 3 is 2.10 bits per heavy atom. The number of nitrogens with zero attached hydrogens (tertiary/aromatic N) is 3. The first-order valence-corrected chi connectivity index (χ1v) is 15.5. The molecule has 0 radical (unpaired) electrons. The van der Waals surface area contributed by atoms with E-state index in [1.54, 1.807) is 0 Å². The summed E-state index contributed by atoms with van der Waals surface area (Å²) >= 11 is 0. The molecule has 242 valence electrons. The van der Waals surface area contributed by atoms with Gasteiger partial charge in [-0.05, 0) is 60.2 Å². The van der Waals surface area contributed by atoms with Crippen molar-refractivity contribution in [3.63, 3.8) is 0 Å². The molecule has 49 heavy (non-hydrogen) atoms. The van der Waals surface area contributed by atoms with E-state index in [0.29, 0.717) is 12.1 Å². The zero-order valence-electron chi connectivity index (χ0n) is 24.6. The van der Waals surface area contributed by atoms with E-state index in [4.69, 9.17) is 6.57 Å². The molecule has 0 unspecified atom stereocenters. The molecule has 0 aliphatic heterocycles. The van der Waals surface area contributed by atoms with Crippen LogP contribution in [0.1, 0.15) is 27.9 Å². The standard InChI is InChI=1S/C36H18F5N3O4S/c1-43-29-7-3-6-22(18-42)32(29)33-26-17-24(37)10-13-30(26)44(49(47,48)25-11-8-19(9-12-25)35(40)41)34(33)21-5-2-4-20(14-21)31-27(38)15-23(36(45)46)16-28(31)39/h2-17,35H,(H,45,46). The van der Waals surface area contributed by atoms with Crippen molar-refractivity contribution in [2.75, 3.05) is 0 Å². The molecular weight excluding hydrogens is 665 g/mol. The van der Waals surface area contributed by atoms with Crippen LogP contribution >= 0.6 is 0 Å². The summed E-state index contributed by atoms with van der Waals surface area (Å²) in [4.78, 5) is 14.4. The smallest absolute Gasteiger partial charge is 0.335 e. The Labute approximate surface area is 275 Å². The van der Waals surface area contributed by atoms with Gasteiger partial charge in [-0.2, -0.15) is 5.26 Å². The lowest BCUT2D eigenvalue weighted by Crippen LogP contribution is -2.14. The van der Waals surface area contributed by atoms with E-state index >= 15 is 8.78 Å². The van der Waals surface area contributed by atoms with Crippen molar-refractivity contribution in [1.82, 2.24) is 3.97 Å². The zero-order valence-corrected chi connectivity index (χ0v) is 25.4. The van der Waals surface area contributed by atoms with Crippen LogP contribution in [0, 0.1) is 35.4 Å². The van der Waals surface area contributed by atoms with Crippen LogP contribution in [0.25, 0.3) is 49.3 Å². The molecule has 7 nitrogen and oxygen atoms in total. The second-order valence-corrected chi connectivity index (χ2v) is 12.4. The number of benzene rings is 5. The molecule has 0 atom stereocenters. The average Bonchev–Trinajstić information content (AvgIpc) is 3.42. The van der Waals surface area contributed by atoms with Gasteiger partial charge in [0, 0.05) is 33.2 Å². The quantitative estimate of drug-likeness (QED) is 0.133. The number of aromatic carboxylic acids is 1. The minimum atomic E-state index is -4.76. The van der Waals surface area contributed by atoms with Crippen molar-refractivity contribution in [3.8, 4) is 39.6 Å². The Kier molecular flexibility index (Phi) is 8.24. The molecule has 6 rings (SSSR count). The van der Waals surface area contributed by atoms with Crippen LogP contribution < -0.4 is 0 Å². The van der Waals surface area contributed by atoms with Crippen molar-refractivity contribution in [2.24, 2.45) is 0 Å². The number of aromatic nitrogens is 1. The largest absolute Gasteiger partial charge is 0.478 e. The summed E-state index contributed by atoms with van der Waals surface area (Å²) in [6, 6.07) is 19.6. The second-order valence-electron chi connectivity index (χ2n) is 10.6. The van der Waals surface area contributed by atoms with Gasteiger partial charge in [0.05, 0.1) is 39.9 Å². The number of alkyl halides is 2. The van der Waals surface area contributed by atoms with Gasteiger partial charge in [0.2, 0.25) is 0 Å². The molecule has 1 heterocycles. The molecule has 0 aliphatic carbocycles. The van der Waals surface area contributed by atoms with E-state index < -0.39 is 61.5 Å². The van der Waals surface area contributed by atoms with Crippen LogP contribution in [-0.4, -0.2) is 23.5 Å². The minimum Gasteiger partial charge on any atom is -0.478 e. The normalized spacial score (nSPS) is 11.4. The lowest BCUT2D eigenvalue weighted by Gasteiger charge is -2.16. The number of nitriles is 1. The van der Waals surface area contributed by atoms with E-state index in [2.05, 4.69) is 4.85 Å². The molecule has 0 saturated heterocycles. The summed E-state index contributed by atoms with van der Waals surface area (Å²) in [6.45, 7) is 7.82. The SMILES string of the molecule is [C-]#[N+]c1cccc(C#N)c1-c1c(-c2cccc(-c3c(F)cc(C(=O)O)cc3F)c2)n(S(=O)(=O)c2ccc(C(F)F)cc2)c2ccc(F)cc12. The molecule has 0 fully saturated rings. The number of hydrogen-bond acceptors (Lipinski definition) is 4. The summed E-state index contributed by atoms with van der Waals surface area (Å²) in [5, 5.41) is 19.3. The maximum Gasteiger partial charge on any atom is 0.335 e. The van der Waals surface area contributed by atoms with E-state index in [1.807, 2.05) is 6.07 Å². The van der Waals surface area contributed by atoms with Crippen LogP contribution in [0.5, 0.6) is 0 Å². The van der Waals surface area contributed by atoms with Crippen LogP contribution in [-0.2, 0) is 10.0 Å². The molecule has 0 spiro atoms. The zero-order chi connectivity index (χ0) is 35.2. The van der Waals surface area contributed by atoms with Crippen LogP contribution in [0.15, 0.2) is 102 Å². The van der Waals surface area contributed by atoms with E-state index in [0.717, 1.165) is 46.4 Å². The molecule has 0 aliphatic rings. The van der Waals surface area contributed by atoms with Crippen molar-refractivity contribution in [1.29, 1.82) is 5.26 Å². The third kappa shape index (κ3) is 5.56. The van der Waals surface area contributed by atoms with Gasteiger partial charge in [0.25, 0.3) is 16.4 Å². The molecule has 6 aromatic rings. The lowest BCUT2D eigenvalue weighted by molar-refractivity contribution is 0.0695. The predicted octanol–water partition coefficient (Wildman–Crippen LogP) is 9.35. The Morgan fingerprint density at radius 2 is 1.49 bits per heavy atom. The van der Waals surface area contributed by atoms with Gasteiger partial charge in [-0.25, -0.2) is 44.0 Å². The highest BCUT2D eigenvalue weighted by molar-refractivity contribution is 7.90. The Hall–Kier alpha value is -6.31. The first-order valence-electron chi connectivity index (χ1n) is 14.1. The van der Waals surface area contributed by atoms with Crippen LogP contribution in [0.2, 0.25) is 0 Å². The first kappa shape index (κ1) is 32.6. The third-order valence-corrected chi connectivity index (χ3v) is 9.53. The van der Waals surface area contributed by atoms with Crippen LogP contribution in [0.3, 0.4) is 0 Å². The maximum absolute atomic E-state index is 15.3. The molecule has 5 aromatic carbocycles. The second kappa shape index (κ2) is 12.4. The van der Waals surface area contributed by atoms with Crippen molar-refractivity contribution >= 4 is 32.6 Å². The molecule has 13 heteroatoms. The number of fused-ring (bicyclic) bond motifs is 1. The highest BCUT2D eigenvalue weighted by atomic mass is 32.2. The van der Waals surface area contributed by atoms with Gasteiger partial charge < -0.3 is 5.11 Å². The molecule has 1 aromatic heterocycles. The first-order chi connectivity index (χ1) is 23.4. The Morgan fingerprint density at radius 1 is 0.837 bits per heavy atom. The number of hydrogen-bond donors (Lipinski definition) is 1. The molecule has 0 bridgehead atoms. The van der Waals surface area contributed by atoms with Gasteiger partial charge in [-0.3, -0.25) is 0 Å². The Balaban J connectivity index is 1.77. The maximum atomic E-state index is 15.3. The summed E-state index contributed by atoms with van der Waals surface area (Å²) in [6.07, 6.45) is -2.89. The van der Waals surface area contributed by atoms with Gasteiger partial charge in [0.1, 0.15) is 17.5 Å². The highest BCUT2D eigenvalue weighted by Crippen LogP contribution is 2.48. The minimum absolute atomic E-state index is 0.0262. The van der Waals surface area contributed by atoms with Crippen molar-refractivity contribution in [2.45, 2.75) is 11.3 Å². The predicted molar refractivity (Wildman–Crippen MR) is 170 cm³/mol. The topological polar surface area (TPSA) is 105 Å². The van der Waals surface area contributed by atoms with Gasteiger partial charge >= 0.3 is 5.97 Å². The van der Waals surface area contributed by atoms with E-state index in [-0.39, 0.29) is 50.1 Å². The molecule has 0 saturated carbocycles. The van der Waals surface area contributed by atoms with Crippen LogP contribution in [0.4, 0.5) is 27.6 Å².